The highest BCUT2D eigenvalue weighted by molar-refractivity contribution is 6.31. The Labute approximate surface area is 230 Å². The van der Waals surface area contributed by atoms with Gasteiger partial charge in [0.05, 0.1) is 19.8 Å². The zero-order valence-electron chi connectivity index (χ0n) is 20.4. The molecule has 0 radical (unpaired) electrons. The van der Waals surface area contributed by atoms with Crippen molar-refractivity contribution >= 4 is 40.7 Å². The molecular weight excluding hydrogens is 527 g/mol. The van der Waals surface area contributed by atoms with E-state index in [4.69, 9.17) is 39.1 Å². The first-order valence-corrected chi connectivity index (χ1v) is 12.7. The lowest BCUT2D eigenvalue weighted by molar-refractivity contribution is -0.131. The van der Waals surface area contributed by atoms with Crippen molar-refractivity contribution in [2.45, 2.75) is 23.8 Å². The highest BCUT2D eigenvalue weighted by Crippen LogP contribution is 2.59. The lowest BCUT2D eigenvalue weighted by Crippen LogP contribution is -2.57. The third kappa shape index (κ3) is 4.15. The summed E-state index contributed by atoms with van der Waals surface area (Å²) in [6.07, 6.45) is 5.80. The van der Waals surface area contributed by atoms with Crippen molar-refractivity contribution in [2.24, 2.45) is 0 Å². The van der Waals surface area contributed by atoms with Gasteiger partial charge < -0.3 is 25.2 Å². The number of carbonyl (C=O) groups is 2. The minimum atomic E-state index is -1.33. The van der Waals surface area contributed by atoms with E-state index in [1.54, 1.807) is 48.5 Å². The minimum absolute atomic E-state index is 0.0329. The van der Waals surface area contributed by atoms with Crippen molar-refractivity contribution in [1.29, 1.82) is 0 Å². The monoisotopic (exact) mass is 550 g/mol. The molecule has 0 aromatic heterocycles. The molecule has 5 rings (SSSR count). The number of rotatable bonds is 6. The van der Waals surface area contributed by atoms with Crippen molar-refractivity contribution in [1.82, 2.24) is 5.32 Å². The van der Waals surface area contributed by atoms with Crippen LogP contribution in [0.25, 0.3) is 0 Å². The van der Waals surface area contributed by atoms with Crippen LogP contribution in [-0.2, 0) is 15.0 Å². The molecule has 2 heterocycles. The molecule has 2 aliphatic heterocycles. The Morgan fingerprint density at radius 3 is 2.63 bits per heavy atom. The largest absolute Gasteiger partial charge is 0.493 e. The van der Waals surface area contributed by atoms with E-state index in [0.29, 0.717) is 38.2 Å². The third-order valence-electron chi connectivity index (χ3n) is 7.12. The number of ether oxygens (including phenoxy) is 2. The van der Waals surface area contributed by atoms with Crippen LogP contribution in [0.4, 0.5) is 5.69 Å². The molecule has 1 fully saturated rings. The number of amides is 2. The van der Waals surface area contributed by atoms with Gasteiger partial charge in [-0.25, -0.2) is 0 Å². The number of halogens is 2. The van der Waals surface area contributed by atoms with Crippen LogP contribution in [0, 0.1) is 12.3 Å². The maximum atomic E-state index is 14.2. The van der Waals surface area contributed by atoms with Crippen molar-refractivity contribution in [3.05, 3.63) is 86.9 Å². The Morgan fingerprint density at radius 2 is 1.92 bits per heavy atom. The van der Waals surface area contributed by atoms with Crippen LogP contribution >= 0.6 is 23.2 Å². The van der Waals surface area contributed by atoms with Gasteiger partial charge in [0, 0.05) is 39.2 Å². The lowest BCUT2D eigenvalue weighted by atomic mass is 9.59. The van der Waals surface area contributed by atoms with Crippen molar-refractivity contribution in [2.75, 3.05) is 25.6 Å². The predicted octanol–water partition coefficient (Wildman–Crippen LogP) is 4.59. The van der Waals surface area contributed by atoms with Crippen LogP contribution in [0.3, 0.4) is 0 Å². The van der Waals surface area contributed by atoms with E-state index in [1.807, 2.05) is 6.07 Å². The molecule has 38 heavy (non-hydrogen) atoms. The average Bonchev–Trinajstić information content (AvgIpc) is 3.18. The van der Waals surface area contributed by atoms with Gasteiger partial charge >= 0.3 is 0 Å². The molecule has 3 atom stereocenters. The number of benzene rings is 3. The fourth-order valence-electron chi connectivity index (χ4n) is 5.64. The van der Waals surface area contributed by atoms with E-state index in [2.05, 4.69) is 16.6 Å². The van der Waals surface area contributed by atoms with Crippen LogP contribution in [0.15, 0.2) is 54.6 Å². The van der Waals surface area contributed by atoms with Crippen LogP contribution in [0.5, 0.6) is 11.5 Å². The summed E-state index contributed by atoms with van der Waals surface area (Å²) in [4.78, 5) is 27.5. The molecule has 3 unspecified atom stereocenters. The van der Waals surface area contributed by atoms with Gasteiger partial charge in [-0.3, -0.25) is 9.59 Å². The smallest absolute Gasteiger partial charge is 0.238 e. The topological polar surface area (TPSA) is 96.9 Å². The first-order valence-electron chi connectivity index (χ1n) is 11.9. The summed E-state index contributed by atoms with van der Waals surface area (Å²) in [5.41, 5.74) is 1.54. The van der Waals surface area contributed by atoms with Crippen molar-refractivity contribution < 1.29 is 24.2 Å². The number of anilines is 1. The second-order valence-corrected chi connectivity index (χ2v) is 10.0. The summed E-state index contributed by atoms with van der Waals surface area (Å²) in [6.45, 7) is -0.294. The second-order valence-electron chi connectivity index (χ2n) is 9.14. The molecule has 0 aliphatic carbocycles. The standard InChI is InChI=1S/C29H24Cl2N2O5/c1-3-16-11-20(26(38-10-9-34)24(12-16)37-2)27-29(21-8-7-19(31)14-23(21)32-28(29)36)22(15-25(35)33-27)17-5-4-6-18(30)13-17/h1,4-8,11-14,22,27,34H,9-10,15H2,2H3,(H,32,36)(H,33,35). The van der Waals surface area contributed by atoms with Crippen LogP contribution < -0.4 is 20.1 Å². The molecule has 2 amide bonds. The number of hydrogen-bond donors (Lipinski definition) is 3. The summed E-state index contributed by atoms with van der Waals surface area (Å²) in [6, 6.07) is 14.8. The van der Waals surface area contributed by atoms with Gasteiger partial charge in [-0.1, -0.05) is 47.3 Å². The van der Waals surface area contributed by atoms with Gasteiger partial charge in [0.25, 0.3) is 0 Å². The molecule has 1 saturated heterocycles. The van der Waals surface area contributed by atoms with Crippen LogP contribution in [0.2, 0.25) is 10.0 Å². The highest BCUT2D eigenvalue weighted by Gasteiger charge is 2.61. The Hall–Kier alpha value is -3.70. The van der Waals surface area contributed by atoms with E-state index in [1.165, 1.54) is 7.11 Å². The molecule has 194 valence electrons. The summed E-state index contributed by atoms with van der Waals surface area (Å²) in [7, 11) is 1.47. The number of piperidine rings is 1. The molecule has 0 bridgehead atoms. The van der Waals surface area contributed by atoms with Gasteiger partial charge in [-0.15, -0.1) is 6.42 Å². The normalized spacial score (nSPS) is 21.9. The third-order valence-corrected chi connectivity index (χ3v) is 7.59. The maximum absolute atomic E-state index is 14.2. The number of nitrogens with one attached hydrogen (secondary N) is 2. The fourth-order valence-corrected chi connectivity index (χ4v) is 6.02. The number of hydrogen-bond acceptors (Lipinski definition) is 5. The van der Waals surface area contributed by atoms with Gasteiger partial charge in [-0.05, 0) is 47.5 Å². The molecule has 7 nitrogen and oxygen atoms in total. The zero-order chi connectivity index (χ0) is 27.0. The van der Waals surface area contributed by atoms with E-state index in [9.17, 15) is 14.7 Å². The fraction of sp³-hybridized carbons (Fsp3) is 0.241. The molecule has 3 aromatic rings. The first kappa shape index (κ1) is 25.9. The van der Waals surface area contributed by atoms with E-state index in [0.717, 1.165) is 5.56 Å². The Kier molecular flexibility index (Phi) is 6.97. The molecule has 1 spiro atoms. The molecule has 0 saturated carbocycles. The minimum Gasteiger partial charge on any atom is -0.493 e. The number of terminal acetylenes is 1. The van der Waals surface area contributed by atoms with Gasteiger partial charge in [-0.2, -0.15) is 0 Å². The summed E-state index contributed by atoms with van der Waals surface area (Å²) in [5.74, 6) is 2.01. The Balaban J connectivity index is 1.85. The summed E-state index contributed by atoms with van der Waals surface area (Å²) < 4.78 is 11.5. The van der Waals surface area contributed by atoms with Crippen molar-refractivity contribution in [3.63, 3.8) is 0 Å². The molecule has 2 aliphatic rings. The van der Waals surface area contributed by atoms with Crippen molar-refractivity contribution in [3.8, 4) is 23.8 Å². The second kappa shape index (κ2) is 10.2. The van der Waals surface area contributed by atoms with E-state index in [-0.39, 0.29) is 37.2 Å². The first-order chi connectivity index (χ1) is 18.3. The van der Waals surface area contributed by atoms with Gasteiger partial charge in [0.15, 0.2) is 11.5 Å². The number of fused-ring (bicyclic) bond motifs is 2. The van der Waals surface area contributed by atoms with Crippen LogP contribution in [0.1, 0.15) is 40.6 Å². The lowest BCUT2D eigenvalue weighted by Gasteiger charge is -2.46. The average molecular weight is 551 g/mol. The van der Waals surface area contributed by atoms with Gasteiger partial charge in [0.2, 0.25) is 11.8 Å². The Morgan fingerprint density at radius 1 is 1.13 bits per heavy atom. The number of methoxy groups -OCH3 is 1. The highest BCUT2D eigenvalue weighted by atomic mass is 35.5. The van der Waals surface area contributed by atoms with Crippen LogP contribution in [-0.4, -0.2) is 37.2 Å². The number of aliphatic hydroxyl groups excluding tert-OH is 1. The number of aliphatic hydroxyl groups is 1. The summed E-state index contributed by atoms with van der Waals surface area (Å²) in [5, 5.41) is 16.5. The van der Waals surface area contributed by atoms with E-state index < -0.39 is 17.4 Å². The molecule has 3 N–H and O–H groups in total. The van der Waals surface area contributed by atoms with Gasteiger partial charge in [0.1, 0.15) is 12.0 Å². The molecular formula is C29H24Cl2N2O5. The predicted molar refractivity (Wildman–Crippen MR) is 145 cm³/mol. The Bertz CT molecular complexity index is 1480. The van der Waals surface area contributed by atoms with E-state index >= 15 is 0 Å². The zero-order valence-corrected chi connectivity index (χ0v) is 21.9. The quantitative estimate of drug-likeness (QED) is 0.390. The SMILES string of the molecule is C#Cc1cc(OC)c(OCCO)c(C2NC(=O)CC(c3cccc(Cl)c3)C23C(=O)Nc2cc(Cl)ccc23)c1. The maximum Gasteiger partial charge on any atom is 0.238 e. The molecule has 3 aromatic carbocycles. The number of carbonyl (C=O) groups excluding carboxylic acids is 2. The molecule has 9 heteroatoms. The summed E-state index contributed by atoms with van der Waals surface area (Å²) >= 11 is 12.7.